The van der Waals surface area contributed by atoms with E-state index in [2.05, 4.69) is 5.10 Å². The largest absolute Gasteiger partial charge is 0.343 e. The fourth-order valence-corrected chi connectivity index (χ4v) is 3.05. The zero-order valence-electron chi connectivity index (χ0n) is 12.4. The number of aromatic nitrogens is 2. The van der Waals surface area contributed by atoms with Crippen LogP contribution in [-0.4, -0.2) is 34.7 Å². The van der Waals surface area contributed by atoms with Crippen LogP contribution in [-0.2, 0) is 11.5 Å². The molecule has 110 valence electrons. The molecule has 0 aliphatic heterocycles. The average Bonchev–Trinajstić information content (AvgIpc) is 2.93. The van der Waals surface area contributed by atoms with Crippen LogP contribution in [0.2, 0.25) is 0 Å². The third-order valence-corrected chi connectivity index (χ3v) is 4.11. The number of halogens is 2. The molecule has 1 unspecified atom stereocenters. The van der Waals surface area contributed by atoms with E-state index in [4.69, 9.17) is 0 Å². The molecule has 1 aromatic heterocycles. The van der Waals surface area contributed by atoms with Crippen molar-refractivity contribution in [2.24, 2.45) is 5.92 Å². The van der Waals surface area contributed by atoms with E-state index < -0.39 is 17.4 Å². The van der Waals surface area contributed by atoms with Crippen molar-refractivity contribution in [2.45, 2.75) is 44.6 Å². The van der Waals surface area contributed by atoms with Crippen molar-refractivity contribution in [1.29, 1.82) is 0 Å². The molecule has 20 heavy (non-hydrogen) atoms. The highest BCUT2D eigenvalue weighted by Crippen LogP contribution is 2.68. The smallest absolute Gasteiger partial charge is 0.293 e. The molecule has 0 spiro atoms. The normalized spacial score (nSPS) is 26.1. The van der Waals surface area contributed by atoms with Crippen molar-refractivity contribution < 1.29 is 13.6 Å². The van der Waals surface area contributed by atoms with E-state index in [1.807, 2.05) is 20.8 Å². The lowest BCUT2D eigenvalue weighted by Gasteiger charge is -2.25. The molecular weight excluding hydrogens is 264 g/mol. The molecule has 3 rings (SSSR count). The van der Waals surface area contributed by atoms with Gasteiger partial charge in [-0.15, -0.1) is 0 Å². The monoisotopic (exact) mass is 283 g/mol. The van der Waals surface area contributed by atoms with E-state index in [-0.39, 0.29) is 23.2 Å². The van der Waals surface area contributed by atoms with Gasteiger partial charge in [-0.2, -0.15) is 13.9 Å². The minimum absolute atomic E-state index is 0.0450. The van der Waals surface area contributed by atoms with Crippen LogP contribution in [0.5, 0.6) is 0 Å². The Labute approximate surface area is 116 Å². The number of rotatable bonds is 1. The summed E-state index contributed by atoms with van der Waals surface area (Å²) in [4.78, 5) is 13.6. The molecule has 1 amide bonds. The quantitative estimate of drug-likeness (QED) is 0.794. The van der Waals surface area contributed by atoms with E-state index in [1.54, 1.807) is 14.1 Å². The van der Waals surface area contributed by atoms with Crippen molar-refractivity contribution in [3.63, 3.8) is 0 Å². The summed E-state index contributed by atoms with van der Waals surface area (Å²) in [5, 5.41) is 4.24. The summed E-state index contributed by atoms with van der Waals surface area (Å²) in [5.74, 6) is -4.01. The molecule has 0 bridgehead atoms. The van der Waals surface area contributed by atoms with Crippen LogP contribution < -0.4 is 0 Å². The molecule has 2 aliphatic rings. The molecule has 1 heterocycles. The molecule has 2 atom stereocenters. The summed E-state index contributed by atoms with van der Waals surface area (Å²) < 4.78 is 30.3. The fraction of sp³-hybridized carbons (Fsp3) is 0.714. The second-order valence-corrected chi connectivity index (χ2v) is 6.96. The van der Waals surface area contributed by atoms with Gasteiger partial charge in [-0.25, -0.2) is 0 Å². The Kier molecular flexibility index (Phi) is 2.43. The lowest BCUT2D eigenvalue weighted by atomic mass is 10.1. The first kappa shape index (κ1) is 13.5. The molecule has 2 aliphatic carbocycles. The number of carbonyl (C=O) groups excluding carboxylic acids is 1. The standard InChI is InChI=1S/C14H19F2N3O/c1-13(2,3)19-11-9(7-6-8(7)14(11,15)16)10(17-19)12(20)18(4)5/h7-8H,6H2,1-5H3/t7?,8-/m1/s1. The van der Waals surface area contributed by atoms with Crippen LogP contribution in [0.25, 0.3) is 0 Å². The van der Waals surface area contributed by atoms with Crippen molar-refractivity contribution in [3.8, 4) is 0 Å². The maximum atomic E-state index is 14.5. The predicted octanol–water partition coefficient (Wildman–Crippen LogP) is 2.55. The number of alkyl halides is 2. The molecule has 1 saturated carbocycles. The van der Waals surface area contributed by atoms with Crippen LogP contribution in [0, 0.1) is 5.92 Å². The fourth-order valence-electron chi connectivity index (χ4n) is 3.05. The Hall–Kier alpha value is -1.46. The summed E-state index contributed by atoms with van der Waals surface area (Å²) in [6.45, 7) is 5.47. The molecule has 1 fully saturated rings. The maximum absolute atomic E-state index is 14.5. The van der Waals surface area contributed by atoms with Gasteiger partial charge in [0.25, 0.3) is 11.8 Å². The lowest BCUT2D eigenvalue weighted by Crippen LogP contribution is -2.31. The minimum atomic E-state index is -2.87. The second kappa shape index (κ2) is 3.59. The van der Waals surface area contributed by atoms with Gasteiger partial charge in [0.15, 0.2) is 5.69 Å². The van der Waals surface area contributed by atoms with E-state index in [0.29, 0.717) is 12.0 Å². The first-order chi connectivity index (χ1) is 9.06. The van der Waals surface area contributed by atoms with Crippen LogP contribution >= 0.6 is 0 Å². The average molecular weight is 283 g/mol. The van der Waals surface area contributed by atoms with Gasteiger partial charge in [0.2, 0.25) is 0 Å². The molecule has 1 aromatic rings. The number of hydrogen-bond acceptors (Lipinski definition) is 2. The van der Waals surface area contributed by atoms with E-state index in [0.717, 1.165) is 0 Å². The SMILES string of the molecule is CN(C)C(=O)c1nn(C(C)(C)C)c2c1C1C[C@H]1C2(F)F. The molecule has 6 heteroatoms. The Morgan fingerprint density at radius 2 is 2.00 bits per heavy atom. The van der Waals surface area contributed by atoms with Gasteiger partial charge >= 0.3 is 0 Å². The van der Waals surface area contributed by atoms with Gasteiger partial charge in [-0.1, -0.05) is 0 Å². The number of nitrogens with zero attached hydrogens (tertiary/aromatic N) is 3. The van der Waals surface area contributed by atoms with Crippen LogP contribution in [0.1, 0.15) is 54.9 Å². The first-order valence-corrected chi connectivity index (χ1v) is 6.80. The van der Waals surface area contributed by atoms with E-state index in [9.17, 15) is 13.6 Å². The molecule has 0 radical (unpaired) electrons. The third-order valence-electron chi connectivity index (χ3n) is 4.11. The zero-order chi connectivity index (χ0) is 15.0. The molecular formula is C14H19F2N3O. The van der Waals surface area contributed by atoms with Crippen LogP contribution in [0.4, 0.5) is 8.78 Å². The van der Waals surface area contributed by atoms with Crippen LogP contribution in [0.15, 0.2) is 0 Å². The van der Waals surface area contributed by atoms with Crippen molar-refractivity contribution in [1.82, 2.24) is 14.7 Å². The Morgan fingerprint density at radius 3 is 2.50 bits per heavy atom. The second-order valence-electron chi connectivity index (χ2n) is 6.96. The van der Waals surface area contributed by atoms with Crippen molar-refractivity contribution in [3.05, 3.63) is 17.0 Å². The lowest BCUT2D eigenvalue weighted by molar-refractivity contribution is -0.0342. The Morgan fingerprint density at radius 1 is 1.40 bits per heavy atom. The highest BCUT2D eigenvalue weighted by atomic mass is 19.3. The minimum Gasteiger partial charge on any atom is -0.343 e. The van der Waals surface area contributed by atoms with Gasteiger partial charge in [-0.3, -0.25) is 9.48 Å². The van der Waals surface area contributed by atoms with Crippen molar-refractivity contribution >= 4 is 5.91 Å². The van der Waals surface area contributed by atoms with Gasteiger partial charge in [0.1, 0.15) is 5.69 Å². The molecule has 0 saturated heterocycles. The van der Waals surface area contributed by atoms with Gasteiger partial charge in [0.05, 0.1) is 5.54 Å². The molecule has 4 nitrogen and oxygen atoms in total. The van der Waals surface area contributed by atoms with E-state index in [1.165, 1.54) is 9.58 Å². The predicted molar refractivity (Wildman–Crippen MR) is 70.0 cm³/mol. The molecule has 0 aromatic carbocycles. The van der Waals surface area contributed by atoms with E-state index >= 15 is 0 Å². The van der Waals surface area contributed by atoms with Gasteiger partial charge in [-0.05, 0) is 33.1 Å². The highest BCUT2D eigenvalue weighted by Gasteiger charge is 2.67. The Balaban J connectivity index is 2.24. The number of fused-ring (bicyclic) bond motifs is 3. The zero-order valence-corrected chi connectivity index (χ0v) is 12.4. The van der Waals surface area contributed by atoms with Gasteiger partial charge < -0.3 is 4.90 Å². The summed E-state index contributed by atoms with van der Waals surface area (Å²) in [6, 6.07) is 0. The summed E-state index contributed by atoms with van der Waals surface area (Å²) in [5.41, 5.74) is 0.0597. The summed E-state index contributed by atoms with van der Waals surface area (Å²) in [7, 11) is 3.23. The molecule has 0 N–H and O–H groups in total. The van der Waals surface area contributed by atoms with Crippen LogP contribution in [0.3, 0.4) is 0 Å². The summed E-state index contributed by atoms with van der Waals surface area (Å²) >= 11 is 0. The Bertz CT molecular complexity index is 598. The number of hydrogen-bond donors (Lipinski definition) is 0. The number of carbonyl (C=O) groups is 1. The van der Waals surface area contributed by atoms with Gasteiger partial charge in [0, 0.05) is 25.6 Å². The summed E-state index contributed by atoms with van der Waals surface area (Å²) in [6.07, 6.45) is 0.462. The highest BCUT2D eigenvalue weighted by molar-refractivity contribution is 5.94. The maximum Gasteiger partial charge on any atom is 0.293 e. The first-order valence-electron chi connectivity index (χ1n) is 6.80. The number of amides is 1. The van der Waals surface area contributed by atoms with Crippen molar-refractivity contribution in [2.75, 3.05) is 14.1 Å². The third kappa shape index (κ3) is 1.56. The topological polar surface area (TPSA) is 38.1 Å².